The highest BCUT2D eigenvalue weighted by Gasteiger charge is 2.06. The molecule has 0 fully saturated rings. The Bertz CT molecular complexity index is 748. The van der Waals surface area contributed by atoms with Crippen LogP contribution in [0, 0.1) is 6.92 Å². The number of thioether (sulfide) groups is 1. The zero-order valence-electron chi connectivity index (χ0n) is 12.2. The standard InChI is InChI=1S/C17H16N2OS2/c1-12-6-8-13(9-7-12)18-16(20)10-11-21-17-19-14-4-2-3-5-15(14)22-17/h2-9H,10-11H2,1H3,(H,18,20). The minimum Gasteiger partial charge on any atom is -0.326 e. The molecule has 3 aromatic rings. The van der Waals surface area contributed by atoms with E-state index in [1.165, 1.54) is 10.3 Å². The number of carbonyl (C=O) groups excluding carboxylic acids is 1. The summed E-state index contributed by atoms with van der Waals surface area (Å²) in [5.41, 5.74) is 3.06. The number of amides is 1. The Labute approximate surface area is 137 Å². The molecule has 0 aliphatic carbocycles. The van der Waals surface area contributed by atoms with E-state index < -0.39 is 0 Å². The molecule has 0 aliphatic rings. The van der Waals surface area contributed by atoms with E-state index in [9.17, 15) is 4.79 Å². The van der Waals surface area contributed by atoms with Gasteiger partial charge in [0.25, 0.3) is 0 Å². The number of benzene rings is 2. The average molecular weight is 328 g/mol. The van der Waals surface area contributed by atoms with Crippen molar-refractivity contribution in [1.82, 2.24) is 4.98 Å². The number of hydrogen-bond acceptors (Lipinski definition) is 4. The summed E-state index contributed by atoms with van der Waals surface area (Å²) >= 11 is 3.31. The highest BCUT2D eigenvalue weighted by atomic mass is 32.2. The van der Waals surface area contributed by atoms with Crippen molar-refractivity contribution < 1.29 is 4.79 Å². The fraction of sp³-hybridized carbons (Fsp3) is 0.176. The molecule has 0 saturated carbocycles. The Morgan fingerprint density at radius 1 is 1.18 bits per heavy atom. The number of nitrogens with one attached hydrogen (secondary N) is 1. The van der Waals surface area contributed by atoms with Crippen molar-refractivity contribution in [2.75, 3.05) is 11.1 Å². The molecule has 0 aliphatic heterocycles. The summed E-state index contributed by atoms with van der Waals surface area (Å²) in [4.78, 5) is 16.5. The van der Waals surface area contributed by atoms with Crippen LogP contribution in [0.5, 0.6) is 0 Å². The number of aromatic nitrogens is 1. The third-order valence-electron chi connectivity index (χ3n) is 3.16. The van der Waals surface area contributed by atoms with Crippen LogP contribution in [0.1, 0.15) is 12.0 Å². The van der Waals surface area contributed by atoms with Crippen molar-refractivity contribution >= 4 is 44.9 Å². The number of aryl methyl sites for hydroxylation is 1. The van der Waals surface area contributed by atoms with E-state index in [-0.39, 0.29) is 5.91 Å². The monoisotopic (exact) mass is 328 g/mol. The van der Waals surface area contributed by atoms with Gasteiger partial charge < -0.3 is 5.32 Å². The zero-order valence-corrected chi connectivity index (χ0v) is 13.8. The third-order valence-corrected chi connectivity index (χ3v) is 5.35. The van der Waals surface area contributed by atoms with Crippen LogP contribution in [0.15, 0.2) is 52.9 Å². The number of hydrogen-bond donors (Lipinski definition) is 1. The van der Waals surface area contributed by atoms with Crippen molar-refractivity contribution in [3.05, 3.63) is 54.1 Å². The molecule has 0 spiro atoms. The van der Waals surface area contributed by atoms with Crippen molar-refractivity contribution in [1.29, 1.82) is 0 Å². The van der Waals surface area contributed by atoms with Gasteiger partial charge in [-0.3, -0.25) is 4.79 Å². The van der Waals surface area contributed by atoms with Crippen molar-refractivity contribution in [3.63, 3.8) is 0 Å². The van der Waals surface area contributed by atoms with E-state index >= 15 is 0 Å². The maximum absolute atomic E-state index is 11.9. The van der Waals surface area contributed by atoms with Gasteiger partial charge in [-0.15, -0.1) is 11.3 Å². The molecule has 0 radical (unpaired) electrons. The van der Waals surface area contributed by atoms with Crippen LogP contribution < -0.4 is 5.32 Å². The first kappa shape index (κ1) is 15.1. The lowest BCUT2D eigenvalue weighted by Gasteiger charge is -2.04. The van der Waals surface area contributed by atoms with Crippen LogP contribution in [-0.4, -0.2) is 16.6 Å². The first-order valence-corrected chi connectivity index (χ1v) is 8.86. The highest BCUT2D eigenvalue weighted by Crippen LogP contribution is 2.29. The van der Waals surface area contributed by atoms with Gasteiger partial charge in [-0.2, -0.15) is 0 Å². The Morgan fingerprint density at radius 2 is 1.95 bits per heavy atom. The maximum atomic E-state index is 11.9. The molecule has 1 N–H and O–H groups in total. The summed E-state index contributed by atoms with van der Waals surface area (Å²) in [7, 11) is 0. The van der Waals surface area contributed by atoms with Crippen molar-refractivity contribution in [3.8, 4) is 0 Å². The Kier molecular flexibility index (Phi) is 4.75. The van der Waals surface area contributed by atoms with Crippen molar-refractivity contribution in [2.45, 2.75) is 17.7 Å². The number of fused-ring (bicyclic) bond motifs is 1. The van der Waals surface area contributed by atoms with Gasteiger partial charge in [-0.05, 0) is 31.2 Å². The van der Waals surface area contributed by atoms with Crippen LogP contribution in [-0.2, 0) is 4.79 Å². The molecule has 0 unspecified atom stereocenters. The van der Waals surface area contributed by atoms with Gasteiger partial charge in [0.15, 0.2) is 4.34 Å². The fourth-order valence-corrected chi connectivity index (χ4v) is 4.08. The molecular formula is C17H16N2OS2. The molecule has 5 heteroatoms. The maximum Gasteiger partial charge on any atom is 0.225 e. The number of rotatable bonds is 5. The lowest BCUT2D eigenvalue weighted by Crippen LogP contribution is -2.11. The zero-order chi connectivity index (χ0) is 15.4. The highest BCUT2D eigenvalue weighted by molar-refractivity contribution is 8.01. The van der Waals surface area contributed by atoms with E-state index in [1.54, 1.807) is 23.1 Å². The van der Waals surface area contributed by atoms with Crippen LogP contribution in [0.2, 0.25) is 0 Å². The molecule has 22 heavy (non-hydrogen) atoms. The summed E-state index contributed by atoms with van der Waals surface area (Å²) in [6.07, 6.45) is 0.481. The van der Waals surface area contributed by atoms with Gasteiger partial charge in [0.2, 0.25) is 5.91 Å². The quantitative estimate of drug-likeness (QED) is 0.689. The minimum atomic E-state index is 0.0393. The molecular weight excluding hydrogens is 312 g/mol. The summed E-state index contributed by atoms with van der Waals surface area (Å²) in [5.74, 6) is 0.773. The van der Waals surface area contributed by atoms with Gasteiger partial charge in [-0.1, -0.05) is 41.6 Å². The van der Waals surface area contributed by atoms with E-state index in [0.717, 1.165) is 21.3 Å². The second kappa shape index (κ2) is 6.94. The lowest BCUT2D eigenvalue weighted by atomic mass is 10.2. The van der Waals surface area contributed by atoms with Crippen LogP contribution in [0.25, 0.3) is 10.2 Å². The van der Waals surface area contributed by atoms with Gasteiger partial charge in [0.1, 0.15) is 0 Å². The number of para-hydroxylation sites is 1. The number of thiazole rings is 1. The normalized spacial score (nSPS) is 10.8. The molecule has 2 aromatic carbocycles. The molecule has 0 atom stereocenters. The van der Waals surface area contributed by atoms with E-state index in [4.69, 9.17) is 0 Å². The van der Waals surface area contributed by atoms with E-state index in [2.05, 4.69) is 16.4 Å². The first-order valence-electron chi connectivity index (χ1n) is 7.05. The van der Waals surface area contributed by atoms with Gasteiger partial charge in [-0.25, -0.2) is 4.98 Å². The van der Waals surface area contributed by atoms with Crippen LogP contribution in [0.3, 0.4) is 0 Å². The number of nitrogens with zero attached hydrogens (tertiary/aromatic N) is 1. The average Bonchev–Trinajstić information content (AvgIpc) is 2.92. The smallest absolute Gasteiger partial charge is 0.225 e. The van der Waals surface area contributed by atoms with E-state index in [1.807, 2.05) is 49.4 Å². The van der Waals surface area contributed by atoms with Crippen molar-refractivity contribution in [2.24, 2.45) is 0 Å². The fourth-order valence-electron chi connectivity index (χ4n) is 2.00. The Morgan fingerprint density at radius 3 is 2.73 bits per heavy atom. The predicted molar refractivity (Wildman–Crippen MR) is 94.8 cm³/mol. The SMILES string of the molecule is Cc1ccc(NC(=O)CCSc2nc3ccccc3s2)cc1. The lowest BCUT2D eigenvalue weighted by molar-refractivity contribution is -0.115. The van der Waals surface area contributed by atoms with Crippen LogP contribution >= 0.6 is 23.1 Å². The number of carbonyl (C=O) groups is 1. The topological polar surface area (TPSA) is 42.0 Å². The van der Waals surface area contributed by atoms with Crippen LogP contribution in [0.4, 0.5) is 5.69 Å². The van der Waals surface area contributed by atoms with Gasteiger partial charge >= 0.3 is 0 Å². The molecule has 3 rings (SSSR count). The van der Waals surface area contributed by atoms with E-state index in [0.29, 0.717) is 6.42 Å². The number of anilines is 1. The Hall–Kier alpha value is -1.85. The molecule has 0 bridgehead atoms. The molecule has 1 aromatic heterocycles. The first-order chi connectivity index (χ1) is 10.7. The molecule has 1 amide bonds. The minimum absolute atomic E-state index is 0.0393. The third kappa shape index (κ3) is 3.87. The van der Waals surface area contributed by atoms with Gasteiger partial charge in [0.05, 0.1) is 10.2 Å². The summed E-state index contributed by atoms with van der Waals surface area (Å²) in [5, 5.41) is 2.91. The van der Waals surface area contributed by atoms with Gasteiger partial charge in [0, 0.05) is 17.9 Å². The predicted octanol–water partition coefficient (Wildman–Crippen LogP) is 4.73. The second-order valence-corrected chi connectivity index (χ2v) is 7.33. The largest absolute Gasteiger partial charge is 0.326 e. The summed E-state index contributed by atoms with van der Waals surface area (Å²) in [6, 6.07) is 15.9. The molecule has 0 saturated heterocycles. The summed E-state index contributed by atoms with van der Waals surface area (Å²) < 4.78 is 2.21. The Balaban J connectivity index is 1.49. The molecule has 112 valence electrons. The second-order valence-electron chi connectivity index (χ2n) is 4.96. The molecule has 1 heterocycles. The summed E-state index contributed by atoms with van der Waals surface area (Å²) in [6.45, 7) is 2.03. The molecule has 3 nitrogen and oxygen atoms in total.